The van der Waals surface area contributed by atoms with Crippen molar-refractivity contribution in [3.63, 3.8) is 0 Å². The molecular weight excluding hydrogens is 302 g/mol. The molecule has 0 amide bonds. The second-order valence-corrected chi connectivity index (χ2v) is 5.40. The van der Waals surface area contributed by atoms with Crippen LogP contribution in [0.15, 0.2) is 18.2 Å². The quantitative estimate of drug-likeness (QED) is 0.877. The van der Waals surface area contributed by atoms with Crippen LogP contribution in [0.5, 0.6) is 0 Å². The van der Waals surface area contributed by atoms with Gasteiger partial charge in [-0.05, 0) is 24.1 Å². The van der Waals surface area contributed by atoms with Gasteiger partial charge in [0, 0.05) is 12.0 Å². The first-order valence-electron chi connectivity index (χ1n) is 5.71. The van der Waals surface area contributed by atoms with E-state index < -0.39 is 24.2 Å². The van der Waals surface area contributed by atoms with E-state index in [0.717, 1.165) is 0 Å². The van der Waals surface area contributed by atoms with Crippen molar-refractivity contribution in [1.29, 1.82) is 0 Å². The monoisotopic (exact) mass is 313 g/mol. The summed E-state index contributed by atoms with van der Waals surface area (Å²) in [5.74, 6) is -0.771. The number of rotatable bonds is 2. The Balaban J connectivity index is 2.32. The van der Waals surface area contributed by atoms with Gasteiger partial charge in [-0.15, -0.1) is 0 Å². The molecule has 1 unspecified atom stereocenters. The van der Waals surface area contributed by atoms with Gasteiger partial charge in [-0.3, -0.25) is 0 Å². The molecule has 0 aliphatic carbocycles. The Morgan fingerprint density at radius 3 is 2.47 bits per heavy atom. The molecule has 2 N–H and O–H groups in total. The summed E-state index contributed by atoms with van der Waals surface area (Å²) in [6.45, 7) is -0.329. The molecule has 7 heteroatoms. The van der Waals surface area contributed by atoms with Crippen LogP contribution in [-0.2, 0) is 0 Å². The van der Waals surface area contributed by atoms with Gasteiger partial charge in [0.2, 0.25) is 0 Å². The molecule has 0 bridgehead atoms. The molecule has 1 fully saturated rings. The summed E-state index contributed by atoms with van der Waals surface area (Å²) in [6, 6.07) is 2.24. The first-order valence-corrected chi connectivity index (χ1v) is 6.47. The lowest BCUT2D eigenvalue weighted by atomic mass is 9.90. The van der Waals surface area contributed by atoms with Crippen molar-refractivity contribution in [1.82, 2.24) is 5.32 Å². The van der Waals surface area contributed by atoms with Crippen molar-refractivity contribution in [2.75, 3.05) is 6.61 Å². The summed E-state index contributed by atoms with van der Waals surface area (Å²) in [6.07, 6.45) is -4.17. The minimum atomic E-state index is -4.37. The number of aliphatic hydroxyl groups is 1. The van der Waals surface area contributed by atoms with E-state index in [1.165, 1.54) is 12.1 Å². The predicted octanol–water partition coefficient (Wildman–Crippen LogP) is 3.36. The molecule has 1 heterocycles. The third kappa shape index (κ3) is 3.16. The Morgan fingerprint density at radius 2 is 1.95 bits per heavy atom. The molecule has 2 rings (SSSR count). The van der Waals surface area contributed by atoms with Gasteiger partial charge < -0.3 is 10.4 Å². The number of alkyl halides is 3. The van der Waals surface area contributed by atoms with E-state index in [4.69, 9.17) is 28.3 Å². The summed E-state index contributed by atoms with van der Waals surface area (Å²) in [4.78, 5) is 0. The fraction of sp³-hybridized carbons (Fsp3) is 0.500. The molecular formula is C12H12Cl2F3NO. The highest BCUT2D eigenvalue weighted by molar-refractivity contribution is 6.42. The van der Waals surface area contributed by atoms with E-state index >= 15 is 0 Å². The summed E-state index contributed by atoms with van der Waals surface area (Å²) in [5.41, 5.74) is 0.472. The van der Waals surface area contributed by atoms with Crippen LogP contribution in [0.25, 0.3) is 0 Å². The van der Waals surface area contributed by atoms with Crippen molar-refractivity contribution < 1.29 is 18.3 Å². The van der Waals surface area contributed by atoms with Crippen LogP contribution >= 0.6 is 23.2 Å². The van der Waals surface area contributed by atoms with Gasteiger partial charge in [-0.25, -0.2) is 0 Å². The highest BCUT2D eigenvalue weighted by Gasteiger charge is 2.50. The molecule has 3 atom stereocenters. The number of hydrogen-bond acceptors (Lipinski definition) is 2. The van der Waals surface area contributed by atoms with Gasteiger partial charge >= 0.3 is 6.18 Å². The minimum absolute atomic E-state index is 0.207. The fourth-order valence-corrected chi connectivity index (χ4v) is 2.71. The Kier molecular flexibility index (Phi) is 4.30. The molecule has 2 nitrogen and oxygen atoms in total. The van der Waals surface area contributed by atoms with Crippen molar-refractivity contribution in [2.24, 2.45) is 0 Å². The molecule has 1 aromatic rings. The average molecular weight is 314 g/mol. The van der Waals surface area contributed by atoms with Crippen LogP contribution in [0.1, 0.15) is 17.9 Å². The van der Waals surface area contributed by atoms with Crippen LogP contribution in [0, 0.1) is 0 Å². The Hall–Kier alpha value is -0.490. The first-order chi connectivity index (χ1) is 8.82. The topological polar surface area (TPSA) is 32.3 Å². The van der Waals surface area contributed by atoms with Gasteiger partial charge in [-0.2, -0.15) is 13.2 Å². The molecule has 1 aromatic carbocycles. The highest BCUT2D eigenvalue weighted by Crippen LogP contribution is 2.40. The fourth-order valence-electron chi connectivity index (χ4n) is 2.40. The van der Waals surface area contributed by atoms with Crippen molar-refractivity contribution in [2.45, 2.75) is 30.6 Å². The lowest BCUT2D eigenvalue weighted by Gasteiger charge is -2.22. The molecule has 0 aromatic heterocycles. The third-order valence-corrected chi connectivity index (χ3v) is 4.04. The van der Waals surface area contributed by atoms with Gasteiger partial charge in [0.05, 0.1) is 16.7 Å². The van der Waals surface area contributed by atoms with Gasteiger partial charge in [0.25, 0.3) is 0 Å². The lowest BCUT2D eigenvalue weighted by molar-refractivity contribution is -0.156. The largest absolute Gasteiger partial charge is 0.404 e. The molecule has 1 aliphatic rings. The van der Waals surface area contributed by atoms with Crippen LogP contribution in [0.3, 0.4) is 0 Å². The lowest BCUT2D eigenvalue weighted by Crippen LogP contribution is -2.43. The predicted molar refractivity (Wildman–Crippen MR) is 67.7 cm³/mol. The SMILES string of the molecule is OC[C@@H]1CC(c2ccc(Cl)c(Cl)c2)[C@H](C(F)(F)F)N1. The number of nitrogens with one attached hydrogen (secondary N) is 1. The number of aliphatic hydroxyl groups excluding tert-OH is 1. The van der Waals surface area contributed by atoms with E-state index in [0.29, 0.717) is 10.6 Å². The maximum absolute atomic E-state index is 13.0. The highest BCUT2D eigenvalue weighted by atomic mass is 35.5. The molecule has 0 spiro atoms. The summed E-state index contributed by atoms with van der Waals surface area (Å²) < 4.78 is 38.9. The van der Waals surface area contributed by atoms with Crippen molar-refractivity contribution in [3.05, 3.63) is 33.8 Å². The summed E-state index contributed by atoms with van der Waals surface area (Å²) in [5, 5.41) is 12.0. The van der Waals surface area contributed by atoms with Gasteiger partial charge in [0.15, 0.2) is 0 Å². The van der Waals surface area contributed by atoms with E-state index in [2.05, 4.69) is 5.32 Å². The Bertz CT molecular complexity index is 467. The molecule has 1 aliphatic heterocycles. The number of hydrogen-bond donors (Lipinski definition) is 2. The second kappa shape index (κ2) is 5.48. The van der Waals surface area contributed by atoms with E-state index in [1.807, 2.05) is 0 Å². The van der Waals surface area contributed by atoms with E-state index in [-0.39, 0.29) is 18.1 Å². The normalized spacial score (nSPS) is 27.8. The van der Waals surface area contributed by atoms with Crippen LogP contribution < -0.4 is 5.32 Å². The molecule has 1 saturated heterocycles. The van der Waals surface area contributed by atoms with Gasteiger partial charge in [-0.1, -0.05) is 29.3 Å². The molecule has 0 radical (unpaired) electrons. The smallest absolute Gasteiger partial charge is 0.395 e. The zero-order valence-electron chi connectivity index (χ0n) is 9.72. The molecule has 106 valence electrons. The number of halogens is 5. The average Bonchev–Trinajstić information content (AvgIpc) is 2.76. The van der Waals surface area contributed by atoms with E-state index in [9.17, 15) is 13.2 Å². The maximum atomic E-state index is 13.0. The van der Waals surface area contributed by atoms with E-state index in [1.54, 1.807) is 6.07 Å². The first kappa shape index (κ1) is 14.9. The third-order valence-electron chi connectivity index (χ3n) is 3.30. The minimum Gasteiger partial charge on any atom is -0.395 e. The summed E-state index contributed by atoms with van der Waals surface area (Å²) >= 11 is 11.6. The van der Waals surface area contributed by atoms with Crippen molar-refractivity contribution in [3.8, 4) is 0 Å². The molecule has 19 heavy (non-hydrogen) atoms. The van der Waals surface area contributed by atoms with Crippen LogP contribution in [0.2, 0.25) is 10.0 Å². The maximum Gasteiger partial charge on any atom is 0.404 e. The Morgan fingerprint density at radius 1 is 1.26 bits per heavy atom. The number of benzene rings is 1. The summed E-state index contributed by atoms with van der Waals surface area (Å²) in [7, 11) is 0. The zero-order valence-corrected chi connectivity index (χ0v) is 11.2. The van der Waals surface area contributed by atoms with Crippen molar-refractivity contribution >= 4 is 23.2 Å². The Labute approximate surface area is 118 Å². The van der Waals surface area contributed by atoms with Crippen LogP contribution in [0.4, 0.5) is 13.2 Å². The van der Waals surface area contributed by atoms with Gasteiger partial charge in [0.1, 0.15) is 6.04 Å². The standard InChI is InChI=1S/C12H12Cl2F3NO/c13-9-2-1-6(3-10(9)14)8-4-7(5-19)18-11(8)12(15,16)17/h1-3,7-8,11,18-19H,4-5H2/t7-,8?,11+/m0/s1. The van der Waals surface area contributed by atoms with Crippen LogP contribution in [-0.4, -0.2) is 30.0 Å². The molecule has 0 saturated carbocycles. The second-order valence-electron chi connectivity index (χ2n) is 4.58. The zero-order chi connectivity index (χ0) is 14.2.